The highest BCUT2D eigenvalue weighted by molar-refractivity contribution is 5.95. The number of amides is 1. The van der Waals surface area contributed by atoms with Gasteiger partial charge in [-0.2, -0.15) is 0 Å². The second-order valence-electron chi connectivity index (χ2n) is 6.55. The van der Waals surface area contributed by atoms with Gasteiger partial charge in [-0.15, -0.1) is 0 Å². The number of para-hydroxylation sites is 1. The van der Waals surface area contributed by atoms with Crippen LogP contribution in [-0.2, 0) is 11.3 Å². The van der Waals surface area contributed by atoms with Crippen molar-refractivity contribution < 1.29 is 14.1 Å². The third kappa shape index (κ3) is 4.00. The van der Waals surface area contributed by atoms with Gasteiger partial charge in [0, 0.05) is 16.8 Å². The third-order valence-corrected chi connectivity index (χ3v) is 4.62. The molecule has 0 spiro atoms. The molecule has 1 amide bonds. The van der Waals surface area contributed by atoms with Gasteiger partial charge in [-0.1, -0.05) is 53.7 Å². The molecular formula is C23H19N3O4. The quantitative estimate of drug-likeness (QED) is 0.531. The number of nitrogens with zero attached hydrogens (tertiary/aromatic N) is 2. The lowest BCUT2D eigenvalue weighted by atomic mass is 10.0. The van der Waals surface area contributed by atoms with E-state index >= 15 is 0 Å². The fourth-order valence-electron chi connectivity index (χ4n) is 3.15. The van der Waals surface area contributed by atoms with Gasteiger partial charge in [0.05, 0.1) is 7.11 Å². The van der Waals surface area contributed by atoms with Crippen LogP contribution in [-0.4, -0.2) is 22.7 Å². The lowest BCUT2D eigenvalue weighted by molar-refractivity contribution is -0.116. The number of ether oxygens (including phenoxy) is 1. The first-order valence-electron chi connectivity index (χ1n) is 9.31. The number of carbonyl (C=O) groups excluding carboxylic acids is 1. The fraction of sp³-hybridized carbons (Fsp3) is 0.0870. The van der Waals surface area contributed by atoms with Crippen molar-refractivity contribution in [3.8, 4) is 28.3 Å². The van der Waals surface area contributed by atoms with Crippen molar-refractivity contribution in [3.05, 3.63) is 89.4 Å². The standard InChI is InChI=1S/C23H19N3O4/c1-29-18-13-11-17(12-14-18)22-25-30-23(28)26(22)15-21(27)24-20-10-6-5-9-19(20)16-7-3-2-4-8-16/h2-14H,15H2,1H3,(H,24,27). The van der Waals surface area contributed by atoms with E-state index in [1.165, 1.54) is 4.57 Å². The molecule has 0 bridgehead atoms. The molecule has 0 aliphatic rings. The minimum Gasteiger partial charge on any atom is -0.497 e. The number of aromatic nitrogens is 2. The number of hydrogen-bond acceptors (Lipinski definition) is 5. The van der Waals surface area contributed by atoms with Gasteiger partial charge < -0.3 is 10.1 Å². The van der Waals surface area contributed by atoms with E-state index in [1.807, 2.05) is 54.6 Å². The Morgan fingerprint density at radius 3 is 2.40 bits per heavy atom. The Balaban J connectivity index is 1.58. The van der Waals surface area contributed by atoms with Gasteiger partial charge in [0.15, 0.2) is 5.82 Å². The van der Waals surface area contributed by atoms with Crippen molar-refractivity contribution in [2.75, 3.05) is 12.4 Å². The summed E-state index contributed by atoms with van der Waals surface area (Å²) in [5.41, 5.74) is 3.16. The lowest BCUT2D eigenvalue weighted by Crippen LogP contribution is -2.25. The molecule has 0 unspecified atom stereocenters. The third-order valence-electron chi connectivity index (χ3n) is 4.62. The van der Waals surface area contributed by atoms with Crippen LogP contribution in [0.5, 0.6) is 5.75 Å². The molecule has 0 atom stereocenters. The fourth-order valence-corrected chi connectivity index (χ4v) is 3.15. The highest BCUT2D eigenvalue weighted by Gasteiger charge is 2.17. The molecule has 1 N–H and O–H groups in total. The number of methoxy groups -OCH3 is 1. The Labute approximate surface area is 172 Å². The van der Waals surface area contributed by atoms with Gasteiger partial charge in [-0.25, -0.2) is 9.36 Å². The lowest BCUT2D eigenvalue weighted by Gasteiger charge is -2.12. The van der Waals surface area contributed by atoms with Crippen LogP contribution in [0.4, 0.5) is 5.69 Å². The van der Waals surface area contributed by atoms with Gasteiger partial charge >= 0.3 is 5.76 Å². The number of hydrogen-bond donors (Lipinski definition) is 1. The van der Waals surface area contributed by atoms with E-state index in [-0.39, 0.29) is 18.3 Å². The molecule has 1 heterocycles. The van der Waals surface area contributed by atoms with Crippen molar-refractivity contribution in [1.29, 1.82) is 0 Å². The highest BCUT2D eigenvalue weighted by atomic mass is 16.5. The van der Waals surface area contributed by atoms with Gasteiger partial charge in [-0.3, -0.25) is 9.32 Å². The molecule has 0 radical (unpaired) electrons. The summed E-state index contributed by atoms with van der Waals surface area (Å²) >= 11 is 0. The zero-order valence-corrected chi connectivity index (χ0v) is 16.2. The van der Waals surface area contributed by atoms with Crippen molar-refractivity contribution >= 4 is 11.6 Å². The number of carbonyl (C=O) groups is 1. The van der Waals surface area contributed by atoms with E-state index in [0.717, 1.165) is 11.1 Å². The molecule has 0 aliphatic heterocycles. The van der Waals surface area contributed by atoms with Crippen molar-refractivity contribution in [2.45, 2.75) is 6.54 Å². The van der Waals surface area contributed by atoms with Gasteiger partial charge in [0.2, 0.25) is 5.91 Å². The predicted molar refractivity (Wildman–Crippen MR) is 113 cm³/mol. The maximum Gasteiger partial charge on any atom is 0.442 e. The monoisotopic (exact) mass is 401 g/mol. The van der Waals surface area contributed by atoms with Crippen LogP contribution >= 0.6 is 0 Å². The largest absolute Gasteiger partial charge is 0.497 e. The Morgan fingerprint density at radius 1 is 0.967 bits per heavy atom. The highest BCUT2D eigenvalue weighted by Crippen LogP contribution is 2.27. The van der Waals surface area contributed by atoms with Gasteiger partial charge in [0.1, 0.15) is 12.3 Å². The summed E-state index contributed by atoms with van der Waals surface area (Å²) in [4.78, 5) is 24.9. The topological polar surface area (TPSA) is 86.4 Å². The average molecular weight is 401 g/mol. The average Bonchev–Trinajstić information content (AvgIpc) is 3.14. The molecule has 0 aliphatic carbocycles. The molecule has 150 valence electrons. The molecule has 7 heteroatoms. The first-order chi connectivity index (χ1) is 14.7. The summed E-state index contributed by atoms with van der Waals surface area (Å²) < 4.78 is 11.1. The molecule has 3 aromatic carbocycles. The molecule has 4 rings (SSSR count). The molecule has 0 fully saturated rings. The molecule has 4 aromatic rings. The van der Waals surface area contributed by atoms with Crippen molar-refractivity contribution in [1.82, 2.24) is 9.72 Å². The van der Waals surface area contributed by atoms with Crippen LogP contribution in [0.2, 0.25) is 0 Å². The Morgan fingerprint density at radius 2 is 1.67 bits per heavy atom. The van der Waals surface area contributed by atoms with Crippen molar-refractivity contribution in [2.24, 2.45) is 0 Å². The SMILES string of the molecule is COc1ccc(-c2noc(=O)n2CC(=O)Nc2ccccc2-c2ccccc2)cc1. The molecule has 30 heavy (non-hydrogen) atoms. The molecule has 7 nitrogen and oxygen atoms in total. The van der Waals surface area contributed by atoms with Crippen molar-refractivity contribution in [3.63, 3.8) is 0 Å². The summed E-state index contributed by atoms with van der Waals surface area (Å²) in [5, 5.41) is 6.70. The summed E-state index contributed by atoms with van der Waals surface area (Å²) in [6.07, 6.45) is 0. The first kappa shape index (κ1) is 19.2. The van der Waals surface area contributed by atoms with Crippen LogP contribution in [0, 0.1) is 0 Å². The van der Waals surface area contributed by atoms with E-state index in [0.29, 0.717) is 17.0 Å². The summed E-state index contributed by atoms with van der Waals surface area (Å²) in [7, 11) is 1.57. The Bertz CT molecular complexity index is 1210. The smallest absolute Gasteiger partial charge is 0.442 e. The molecule has 0 saturated heterocycles. The summed E-state index contributed by atoms with van der Waals surface area (Å²) in [5.74, 6) is -0.119. The summed E-state index contributed by atoms with van der Waals surface area (Å²) in [6.45, 7) is -0.229. The minimum atomic E-state index is -0.702. The second kappa shape index (κ2) is 8.48. The Hall–Kier alpha value is -4.13. The number of anilines is 1. The number of nitrogens with one attached hydrogen (secondary N) is 1. The minimum absolute atomic E-state index is 0.229. The van der Waals surface area contributed by atoms with Gasteiger partial charge in [0.25, 0.3) is 0 Å². The van der Waals surface area contributed by atoms with Crippen LogP contribution in [0.1, 0.15) is 0 Å². The van der Waals surface area contributed by atoms with Crippen LogP contribution in [0.15, 0.2) is 88.2 Å². The second-order valence-corrected chi connectivity index (χ2v) is 6.55. The summed E-state index contributed by atoms with van der Waals surface area (Å²) in [6, 6.07) is 24.2. The maximum absolute atomic E-state index is 12.7. The normalized spacial score (nSPS) is 10.6. The number of rotatable bonds is 6. The van der Waals surface area contributed by atoms with E-state index in [1.54, 1.807) is 31.4 Å². The predicted octanol–water partition coefficient (Wildman–Crippen LogP) is 3.82. The molecule has 0 saturated carbocycles. The Kier molecular flexibility index (Phi) is 5.43. The van der Waals surface area contributed by atoms with Crippen LogP contribution in [0.3, 0.4) is 0 Å². The van der Waals surface area contributed by atoms with Crippen LogP contribution < -0.4 is 15.8 Å². The molecule has 1 aromatic heterocycles. The zero-order chi connectivity index (χ0) is 20.9. The molecular weight excluding hydrogens is 382 g/mol. The maximum atomic E-state index is 12.7. The van der Waals surface area contributed by atoms with E-state index < -0.39 is 5.76 Å². The zero-order valence-electron chi connectivity index (χ0n) is 16.2. The van der Waals surface area contributed by atoms with Crippen LogP contribution in [0.25, 0.3) is 22.5 Å². The number of benzene rings is 3. The van der Waals surface area contributed by atoms with E-state index in [2.05, 4.69) is 10.5 Å². The van der Waals surface area contributed by atoms with E-state index in [9.17, 15) is 9.59 Å². The van der Waals surface area contributed by atoms with Gasteiger partial charge in [-0.05, 0) is 35.9 Å². The van der Waals surface area contributed by atoms with E-state index in [4.69, 9.17) is 9.26 Å². The first-order valence-corrected chi connectivity index (χ1v) is 9.31.